The molecule has 322 valence electrons. The van der Waals surface area contributed by atoms with Crippen molar-refractivity contribution in [3.05, 3.63) is 237 Å². The topological polar surface area (TPSA) is 66.3 Å². The summed E-state index contributed by atoms with van der Waals surface area (Å²) >= 11 is 0. The first kappa shape index (κ1) is 38.8. The van der Waals surface area contributed by atoms with E-state index in [-0.39, 0.29) is 0 Å². The summed E-state index contributed by atoms with van der Waals surface area (Å²) in [5.74, 6) is 1.82. The molecule has 0 aliphatic heterocycles. The van der Waals surface area contributed by atoms with Crippen LogP contribution in [-0.2, 0) is 0 Å². The molecule has 0 aliphatic carbocycles. The van der Waals surface area contributed by atoms with E-state index in [1.54, 1.807) is 0 Å². The molecule has 0 spiro atoms. The quantitative estimate of drug-likeness (QED) is 0.160. The molecule has 0 bridgehead atoms. The van der Waals surface area contributed by atoms with Gasteiger partial charge in [0.1, 0.15) is 0 Å². The van der Waals surface area contributed by atoms with E-state index in [9.17, 15) is 0 Å². The van der Waals surface area contributed by atoms with Crippen molar-refractivity contribution in [2.75, 3.05) is 0 Å². The maximum absolute atomic E-state index is 5.17. The Bertz CT molecular complexity index is 4240. The van der Waals surface area contributed by atoms with Gasteiger partial charge in [-0.05, 0) is 101 Å². The molecule has 0 unspecified atom stereocenters. The van der Waals surface area contributed by atoms with Crippen LogP contribution >= 0.6 is 0 Å². The van der Waals surface area contributed by atoms with Gasteiger partial charge in [-0.3, -0.25) is 9.55 Å². The Morgan fingerprint density at radius 1 is 0.261 bits per heavy atom. The predicted octanol–water partition coefficient (Wildman–Crippen LogP) is 15.2. The highest BCUT2D eigenvalue weighted by atomic mass is 15.2. The summed E-state index contributed by atoms with van der Waals surface area (Å²) in [5, 5.41) is 5.79. The van der Waals surface area contributed by atoms with E-state index in [0.717, 1.165) is 99.5 Å². The number of pyridine rings is 1. The molecule has 9 aromatic carbocycles. The smallest absolute Gasteiger partial charge is 0.238 e. The predicted molar refractivity (Wildman–Crippen MR) is 282 cm³/mol. The maximum Gasteiger partial charge on any atom is 0.238 e. The van der Waals surface area contributed by atoms with Crippen LogP contribution in [0.4, 0.5) is 0 Å². The molecule has 7 nitrogen and oxygen atoms in total. The van der Waals surface area contributed by atoms with E-state index >= 15 is 0 Å². The van der Waals surface area contributed by atoms with Gasteiger partial charge in [0.15, 0.2) is 11.6 Å². The van der Waals surface area contributed by atoms with E-state index in [1.165, 1.54) is 10.8 Å². The lowest BCUT2D eigenvalue weighted by atomic mass is 9.97. The molecule has 0 atom stereocenters. The van der Waals surface area contributed by atoms with Crippen LogP contribution in [0.25, 0.3) is 128 Å². The molecule has 0 radical (unpaired) electrons. The fourth-order valence-electron chi connectivity index (χ4n) is 10.4. The standard InChI is InChI=1S/C62H39N7/c1-4-16-40(17-5-1)60-64-61(41-18-6-2-7-19-41)66-62(65-60)69-54-27-13-10-24-48(54)50-32-29-45(38-58(50)69)43-21-14-20-42(36-43)44-30-33-55-51(37-44)49-25-11-12-26-53(49)68(55)47-31-34-56-52(39-47)59-57(28-15-35-63-59)67(56)46-22-8-3-9-23-46/h1-39H. The number of rotatable bonds is 7. The van der Waals surface area contributed by atoms with Crippen molar-refractivity contribution in [3.8, 4) is 62.4 Å². The minimum absolute atomic E-state index is 0.572. The molecule has 0 fully saturated rings. The molecule has 0 N–H and O–H groups in total. The summed E-state index contributed by atoms with van der Waals surface area (Å²) in [6.07, 6.45) is 1.89. The number of aromatic nitrogens is 7. The number of hydrogen-bond donors (Lipinski definition) is 0. The van der Waals surface area contributed by atoms with Crippen LogP contribution < -0.4 is 0 Å². The molecule has 69 heavy (non-hydrogen) atoms. The first-order valence-corrected chi connectivity index (χ1v) is 23.2. The van der Waals surface area contributed by atoms with E-state index in [4.69, 9.17) is 19.9 Å². The number of para-hydroxylation sites is 3. The lowest BCUT2D eigenvalue weighted by Gasteiger charge is -2.12. The second kappa shape index (κ2) is 15.6. The fourth-order valence-corrected chi connectivity index (χ4v) is 10.4. The van der Waals surface area contributed by atoms with Gasteiger partial charge in [-0.15, -0.1) is 0 Å². The van der Waals surface area contributed by atoms with Gasteiger partial charge >= 0.3 is 0 Å². The third-order valence-electron chi connectivity index (χ3n) is 13.5. The minimum atomic E-state index is 0.572. The van der Waals surface area contributed by atoms with Crippen LogP contribution in [0.5, 0.6) is 0 Å². The van der Waals surface area contributed by atoms with Gasteiger partial charge in [0.05, 0.1) is 38.6 Å². The van der Waals surface area contributed by atoms with Gasteiger partial charge < -0.3 is 9.13 Å². The molecule has 14 aromatic rings. The summed E-state index contributed by atoms with van der Waals surface area (Å²) in [6.45, 7) is 0. The van der Waals surface area contributed by atoms with E-state index < -0.39 is 0 Å². The number of fused-ring (bicyclic) bond motifs is 9. The molecule has 5 heterocycles. The molecule has 0 amide bonds. The molecule has 0 saturated heterocycles. The zero-order valence-corrected chi connectivity index (χ0v) is 37.1. The van der Waals surface area contributed by atoms with E-state index in [1.807, 2.05) is 72.9 Å². The third kappa shape index (κ3) is 6.29. The largest absolute Gasteiger partial charge is 0.309 e. The maximum atomic E-state index is 5.17. The monoisotopic (exact) mass is 881 g/mol. The summed E-state index contributed by atoms with van der Waals surface area (Å²) < 4.78 is 6.90. The highest BCUT2D eigenvalue weighted by Crippen LogP contribution is 2.40. The second-order valence-electron chi connectivity index (χ2n) is 17.5. The number of benzene rings is 9. The Morgan fingerprint density at radius 2 is 0.768 bits per heavy atom. The second-order valence-corrected chi connectivity index (χ2v) is 17.5. The van der Waals surface area contributed by atoms with E-state index in [2.05, 4.69) is 177 Å². The summed E-state index contributed by atoms with van der Waals surface area (Å²) in [4.78, 5) is 20.2. The van der Waals surface area contributed by atoms with Gasteiger partial charge in [-0.1, -0.05) is 152 Å². The summed E-state index contributed by atoms with van der Waals surface area (Å²) in [6, 6.07) is 81.5. The van der Waals surface area contributed by atoms with Crippen LogP contribution in [0.3, 0.4) is 0 Å². The zero-order chi connectivity index (χ0) is 45.4. The van der Waals surface area contributed by atoms with Crippen molar-refractivity contribution in [2.24, 2.45) is 0 Å². The molecule has 7 heteroatoms. The Morgan fingerprint density at radius 3 is 1.49 bits per heavy atom. The van der Waals surface area contributed by atoms with Crippen LogP contribution in [-0.4, -0.2) is 33.6 Å². The van der Waals surface area contributed by atoms with Crippen molar-refractivity contribution in [1.82, 2.24) is 33.6 Å². The van der Waals surface area contributed by atoms with Gasteiger partial charge in [0.25, 0.3) is 0 Å². The van der Waals surface area contributed by atoms with Crippen LogP contribution in [0, 0.1) is 0 Å². The average Bonchev–Trinajstić information content (AvgIpc) is 4.06. The van der Waals surface area contributed by atoms with Crippen molar-refractivity contribution in [2.45, 2.75) is 0 Å². The van der Waals surface area contributed by atoms with Gasteiger partial charge in [-0.2, -0.15) is 9.97 Å². The first-order valence-electron chi connectivity index (χ1n) is 23.2. The number of hydrogen-bond acceptors (Lipinski definition) is 4. The lowest BCUT2D eigenvalue weighted by molar-refractivity contribution is 0.953. The number of nitrogens with zero attached hydrogens (tertiary/aromatic N) is 7. The Balaban J connectivity index is 0.889. The molecule has 5 aromatic heterocycles. The first-order chi connectivity index (χ1) is 34.2. The van der Waals surface area contributed by atoms with Crippen LogP contribution in [0.15, 0.2) is 237 Å². The fraction of sp³-hybridized carbons (Fsp3) is 0. The Hall–Kier alpha value is -9.46. The SMILES string of the molecule is c1ccc(-c2nc(-c3ccccc3)nc(-n3c4ccccc4c4ccc(-c5cccc(-c6ccc7c(c6)c6ccccc6n7-c6ccc7c(c6)c6ncccc6n7-c6ccccc6)c5)cc43)n2)cc1. The summed E-state index contributed by atoms with van der Waals surface area (Å²) in [7, 11) is 0. The van der Waals surface area contributed by atoms with Crippen molar-refractivity contribution < 1.29 is 0 Å². The molecule has 14 rings (SSSR count). The Kier molecular flexibility index (Phi) is 8.75. The minimum Gasteiger partial charge on any atom is -0.309 e. The van der Waals surface area contributed by atoms with E-state index in [0.29, 0.717) is 17.6 Å². The van der Waals surface area contributed by atoms with Crippen LogP contribution in [0.2, 0.25) is 0 Å². The highest BCUT2D eigenvalue weighted by molar-refractivity contribution is 6.13. The molecule has 0 aliphatic rings. The van der Waals surface area contributed by atoms with Crippen molar-refractivity contribution >= 4 is 65.5 Å². The van der Waals surface area contributed by atoms with Crippen LogP contribution in [0.1, 0.15) is 0 Å². The molecule has 0 saturated carbocycles. The highest BCUT2D eigenvalue weighted by Gasteiger charge is 2.20. The van der Waals surface area contributed by atoms with Crippen molar-refractivity contribution in [1.29, 1.82) is 0 Å². The molecular formula is C62H39N7. The van der Waals surface area contributed by atoms with Gasteiger partial charge in [0.2, 0.25) is 5.95 Å². The molecular weight excluding hydrogens is 843 g/mol. The summed E-state index contributed by atoms with van der Waals surface area (Å²) in [5.41, 5.74) is 16.2. The normalized spacial score (nSPS) is 11.8. The van der Waals surface area contributed by atoms with Crippen molar-refractivity contribution in [3.63, 3.8) is 0 Å². The Labute approximate surface area is 396 Å². The van der Waals surface area contributed by atoms with Gasteiger partial charge in [-0.25, -0.2) is 4.98 Å². The zero-order valence-electron chi connectivity index (χ0n) is 37.1. The average molecular weight is 882 g/mol. The third-order valence-corrected chi connectivity index (χ3v) is 13.5. The van der Waals surface area contributed by atoms with Gasteiger partial charge in [0, 0.05) is 55.6 Å². The lowest BCUT2D eigenvalue weighted by Crippen LogP contribution is -2.06.